The molecule has 36 heavy (non-hydrogen) atoms. The van der Waals surface area contributed by atoms with Gasteiger partial charge in [-0.25, -0.2) is 4.52 Å². The number of nitrogens with zero attached hydrogens (tertiary/aromatic N) is 5. The van der Waals surface area contributed by atoms with Gasteiger partial charge in [-0.15, -0.1) is 0 Å². The third kappa shape index (κ3) is 4.17. The van der Waals surface area contributed by atoms with Crippen LogP contribution in [0.2, 0.25) is 0 Å². The average molecular weight is 486 g/mol. The van der Waals surface area contributed by atoms with E-state index in [0.717, 1.165) is 29.7 Å². The second-order valence-electron chi connectivity index (χ2n) is 8.40. The molecule has 4 heterocycles. The molecule has 0 fully saturated rings. The summed E-state index contributed by atoms with van der Waals surface area (Å²) in [6.07, 6.45) is 5.49. The van der Waals surface area contributed by atoms with Gasteiger partial charge in [-0.1, -0.05) is 18.5 Å². The Morgan fingerprint density at radius 2 is 1.83 bits per heavy atom. The summed E-state index contributed by atoms with van der Waals surface area (Å²) in [7, 11) is 0. The molecule has 0 aliphatic carbocycles. The van der Waals surface area contributed by atoms with Crippen molar-refractivity contribution >= 4 is 5.52 Å². The molecule has 0 saturated heterocycles. The molecule has 182 valence electrons. The van der Waals surface area contributed by atoms with E-state index in [9.17, 15) is 4.79 Å². The number of hydrogen-bond acceptors (Lipinski definition) is 8. The van der Waals surface area contributed by atoms with Gasteiger partial charge in [0.2, 0.25) is 18.5 Å². The molecule has 1 aliphatic rings. The minimum Gasteiger partial charge on any atom is -0.494 e. The second kappa shape index (κ2) is 9.21. The van der Waals surface area contributed by atoms with Crippen molar-refractivity contribution in [2.45, 2.75) is 26.3 Å². The molecular formula is C26H23N5O5. The van der Waals surface area contributed by atoms with Crippen molar-refractivity contribution in [1.82, 2.24) is 24.3 Å². The van der Waals surface area contributed by atoms with Crippen LogP contribution in [0.1, 0.15) is 25.7 Å². The van der Waals surface area contributed by atoms with Crippen LogP contribution >= 0.6 is 0 Å². The summed E-state index contributed by atoms with van der Waals surface area (Å²) in [6.45, 7) is 3.15. The van der Waals surface area contributed by atoms with E-state index in [1.165, 1.54) is 4.57 Å². The number of rotatable bonds is 8. The van der Waals surface area contributed by atoms with Gasteiger partial charge < -0.3 is 23.3 Å². The van der Waals surface area contributed by atoms with Crippen molar-refractivity contribution in [3.05, 3.63) is 77.2 Å². The molecule has 10 nitrogen and oxygen atoms in total. The van der Waals surface area contributed by atoms with Crippen LogP contribution in [0.25, 0.3) is 28.2 Å². The molecule has 0 spiro atoms. The highest BCUT2D eigenvalue weighted by molar-refractivity contribution is 5.66. The van der Waals surface area contributed by atoms with Crippen LogP contribution in [0, 0.1) is 0 Å². The standard InChI is InChI=1S/C26H23N5O5/c1-2-3-12-33-19-7-4-17(5-8-19)20-14-21-26(32)30(10-11-31(21)28-20)15-24-27-25(29-36-24)18-6-9-22-23(13-18)35-16-34-22/h4-11,13-14H,2-3,12,15-16H2,1H3. The number of fused-ring (bicyclic) bond motifs is 2. The van der Waals surface area contributed by atoms with E-state index in [-0.39, 0.29) is 18.9 Å². The molecule has 0 amide bonds. The molecule has 2 aromatic carbocycles. The number of unbranched alkanes of at least 4 members (excludes halogenated alkanes) is 1. The third-order valence-electron chi connectivity index (χ3n) is 5.92. The number of aromatic nitrogens is 5. The molecular weight excluding hydrogens is 462 g/mol. The Hall–Kier alpha value is -4.60. The van der Waals surface area contributed by atoms with Crippen molar-refractivity contribution in [2.75, 3.05) is 13.4 Å². The molecule has 0 unspecified atom stereocenters. The highest BCUT2D eigenvalue weighted by Gasteiger charge is 2.17. The first-order valence-electron chi connectivity index (χ1n) is 11.7. The van der Waals surface area contributed by atoms with Crippen LogP contribution in [-0.4, -0.2) is 37.7 Å². The van der Waals surface area contributed by atoms with E-state index in [1.54, 1.807) is 35.1 Å². The summed E-state index contributed by atoms with van der Waals surface area (Å²) < 4.78 is 25.0. The summed E-state index contributed by atoms with van der Waals surface area (Å²) in [5, 5.41) is 8.61. The van der Waals surface area contributed by atoms with E-state index >= 15 is 0 Å². The first kappa shape index (κ1) is 21.9. The van der Waals surface area contributed by atoms with Crippen LogP contribution in [0.4, 0.5) is 0 Å². The SMILES string of the molecule is CCCCOc1ccc(-c2cc3c(=O)n(Cc4nc(-c5ccc6c(c5)OCO6)no4)ccn3n2)cc1. The van der Waals surface area contributed by atoms with Crippen molar-refractivity contribution < 1.29 is 18.7 Å². The number of ether oxygens (including phenoxy) is 3. The zero-order valence-electron chi connectivity index (χ0n) is 19.6. The van der Waals surface area contributed by atoms with Crippen molar-refractivity contribution in [3.63, 3.8) is 0 Å². The maximum Gasteiger partial charge on any atom is 0.277 e. The summed E-state index contributed by atoms with van der Waals surface area (Å²) >= 11 is 0. The maximum atomic E-state index is 13.1. The average Bonchev–Trinajstić information content (AvgIpc) is 3.66. The second-order valence-corrected chi connectivity index (χ2v) is 8.40. The Morgan fingerprint density at radius 3 is 2.69 bits per heavy atom. The molecule has 0 bridgehead atoms. The molecule has 3 aromatic heterocycles. The van der Waals surface area contributed by atoms with Gasteiger partial charge >= 0.3 is 0 Å². The van der Waals surface area contributed by atoms with Gasteiger partial charge in [0.1, 0.15) is 17.8 Å². The zero-order chi connectivity index (χ0) is 24.5. The van der Waals surface area contributed by atoms with E-state index in [2.05, 4.69) is 22.2 Å². The Labute approximate surface area is 205 Å². The predicted molar refractivity (Wildman–Crippen MR) is 130 cm³/mol. The van der Waals surface area contributed by atoms with E-state index in [4.69, 9.17) is 18.7 Å². The van der Waals surface area contributed by atoms with Crippen LogP contribution < -0.4 is 19.8 Å². The summed E-state index contributed by atoms with van der Waals surface area (Å²) in [4.78, 5) is 17.6. The van der Waals surface area contributed by atoms with Gasteiger partial charge in [0.05, 0.1) is 12.3 Å². The lowest BCUT2D eigenvalue weighted by Crippen LogP contribution is -2.21. The van der Waals surface area contributed by atoms with Crippen molar-refractivity contribution in [2.24, 2.45) is 0 Å². The largest absolute Gasteiger partial charge is 0.494 e. The topological polar surface area (TPSA) is 106 Å². The van der Waals surface area contributed by atoms with Gasteiger partial charge in [0, 0.05) is 23.5 Å². The molecule has 0 saturated carbocycles. The quantitative estimate of drug-likeness (QED) is 0.302. The fourth-order valence-electron chi connectivity index (χ4n) is 3.97. The van der Waals surface area contributed by atoms with Gasteiger partial charge in [0.25, 0.3) is 5.56 Å². The summed E-state index contributed by atoms with van der Waals surface area (Å²) in [5.74, 6) is 2.85. The molecule has 6 rings (SSSR count). The Balaban J connectivity index is 1.21. The monoisotopic (exact) mass is 485 g/mol. The molecule has 10 heteroatoms. The fourth-order valence-corrected chi connectivity index (χ4v) is 3.97. The highest BCUT2D eigenvalue weighted by atomic mass is 16.7. The van der Waals surface area contributed by atoms with Gasteiger partial charge in [-0.3, -0.25) is 4.79 Å². The molecule has 1 aliphatic heterocycles. The summed E-state index contributed by atoms with van der Waals surface area (Å²) in [6, 6.07) is 14.9. The number of hydrogen-bond donors (Lipinski definition) is 0. The minimum atomic E-state index is -0.210. The first-order chi connectivity index (χ1) is 17.7. The van der Waals surface area contributed by atoms with Crippen LogP contribution in [0.5, 0.6) is 17.2 Å². The molecule has 0 N–H and O–H groups in total. The smallest absolute Gasteiger partial charge is 0.277 e. The number of benzene rings is 2. The van der Waals surface area contributed by atoms with Gasteiger partial charge in [-0.2, -0.15) is 10.1 Å². The van der Waals surface area contributed by atoms with Crippen LogP contribution in [0.3, 0.4) is 0 Å². The van der Waals surface area contributed by atoms with Gasteiger partial charge in [-0.05, 0) is 55.0 Å². The Kier molecular flexibility index (Phi) is 5.61. The third-order valence-corrected chi connectivity index (χ3v) is 5.92. The Bertz CT molecular complexity index is 1580. The predicted octanol–water partition coefficient (Wildman–Crippen LogP) is 4.17. The highest BCUT2D eigenvalue weighted by Crippen LogP contribution is 2.35. The summed E-state index contributed by atoms with van der Waals surface area (Å²) in [5.41, 5.74) is 2.58. The van der Waals surface area contributed by atoms with Crippen molar-refractivity contribution in [3.8, 4) is 39.9 Å². The first-order valence-corrected chi connectivity index (χ1v) is 11.7. The van der Waals surface area contributed by atoms with Crippen LogP contribution in [-0.2, 0) is 6.54 Å². The van der Waals surface area contributed by atoms with Gasteiger partial charge in [0.15, 0.2) is 11.5 Å². The zero-order valence-corrected chi connectivity index (χ0v) is 19.6. The lowest BCUT2D eigenvalue weighted by molar-refractivity contribution is 0.174. The molecule has 5 aromatic rings. The minimum absolute atomic E-state index is 0.136. The van der Waals surface area contributed by atoms with Crippen LogP contribution in [0.15, 0.2) is 70.2 Å². The van der Waals surface area contributed by atoms with E-state index < -0.39 is 0 Å². The lowest BCUT2D eigenvalue weighted by Gasteiger charge is -2.05. The maximum absolute atomic E-state index is 13.1. The fraction of sp³-hybridized carbons (Fsp3) is 0.231. The van der Waals surface area contributed by atoms with Crippen molar-refractivity contribution in [1.29, 1.82) is 0 Å². The van der Waals surface area contributed by atoms with E-state index in [0.29, 0.717) is 41.0 Å². The van der Waals surface area contributed by atoms with E-state index in [1.807, 2.05) is 30.3 Å². The Morgan fingerprint density at radius 1 is 1.00 bits per heavy atom. The molecule has 0 radical (unpaired) electrons. The normalized spacial score (nSPS) is 12.4. The molecule has 0 atom stereocenters. The lowest BCUT2D eigenvalue weighted by atomic mass is 10.1.